The molecule has 0 fully saturated rings. The molecule has 0 heterocycles. The fraction of sp³-hybridized carbons (Fsp3) is 0.333. The number of hydrogen-bond acceptors (Lipinski definition) is 2. The number of methoxy groups -OCH3 is 1. The lowest BCUT2D eigenvalue weighted by Crippen LogP contribution is -2.02. The lowest BCUT2D eigenvalue weighted by Gasteiger charge is -2.14. The van der Waals surface area contributed by atoms with Crippen molar-refractivity contribution in [2.75, 3.05) is 7.11 Å². The molecule has 0 radical (unpaired) electrons. The number of hydrogen-bond donors (Lipinski definition) is 1. The van der Waals surface area contributed by atoms with Gasteiger partial charge in [-0.3, -0.25) is 0 Å². The standard InChI is InChI=1S/C18H22O2/c1-4-14-5-7-15(8-6-14)12-17(19)16-9-10-18(20-3)13(2)11-16/h5-11,17,19H,4,12H2,1-3H3. The third-order valence-electron chi connectivity index (χ3n) is 3.66. The van der Waals surface area contributed by atoms with Crippen molar-refractivity contribution < 1.29 is 9.84 Å². The average molecular weight is 270 g/mol. The van der Waals surface area contributed by atoms with Gasteiger partial charge < -0.3 is 9.84 Å². The van der Waals surface area contributed by atoms with Crippen LogP contribution in [0.4, 0.5) is 0 Å². The van der Waals surface area contributed by atoms with Crippen molar-refractivity contribution >= 4 is 0 Å². The molecule has 1 N–H and O–H groups in total. The van der Waals surface area contributed by atoms with Gasteiger partial charge in [0.2, 0.25) is 0 Å². The van der Waals surface area contributed by atoms with Crippen LogP contribution in [-0.2, 0) is 12.8 Å². The van der Waals surface area contributed by atoms with Crippen LogP contribution in [0.15, 0.2) is 42.5 Å². The van der Waals surface area contributed by atoms with Gasteiger partial charge in [-0.1, -0.05) is 37.3 Å². The predicted molar refractivity (Wildman–Crippen MR) is 82.2 cm³/mol. The van der Waals surface area contributed by atoms with Gasteiger partial charge >= 0.3 is 0 Å². The van der Waals surface area contributed by atoms with Gasteiger partial charge in [-0.05, 0) is 47.7 Å². The second-order valence-corrected chi connectivity index (χ2v) is 5.12. The molecule has 1 unspecified atom stereocenters. The summed E-state index contributed by atoms with van der Waals surface area (Å²) < 4.78 is 5.24. The molecule has 0 aliphatic rings. The minimum atomic E-state index is -0.480. The Morgan fingerprint density at radius 2 is 1.70 bits per heavy atom. The highest BCUT2D eigenvalue weighted by atomic mass is 16.5. The number of rotatable bonds is 5. The summed E-state index contributed by atoms with van der Waals surface area (Å²) >= 11 is 0. The molecule has 0 aromatic heterocycles. The van der Waals surface area contributed by atoms with Crippen molar-refractivity contribution in [2.24, 2.45) is 0 Å². The Morgan fingerprint density at radius 1 is 1.05 bits per heavy atom. The molecule has 0 saturated heterocycles. The van der Waals surface area contributed by atoms with Crippen LogP contribution in [-0.4, -0.2) is 12.2 Å². The van der Waals surface area contributed by atoms with E-state index in [1.807, 2.05) is 25.1 Å². The molecule has 0 amide bonds. The Morgan fingerprint density at radius 3 is 2.25 bits per heavy atom. The van der Waals surface area contributed by atoms with Gasteiger partial charge in [0.15, 0.2) is 0 Å². The van der Waals surface area contributed by atoms with Crippen LogP contribution in [0.3, 0.4) is 0 Å². The molecule has 106 valence electrons. The third kappa shape index (κ3) is 3.40. The minimum Gasteiger partial charge on any atom is -0.496 e. The van der Waals surface area contributed by atoms with Crippen LogP contribution in [0.5, 0.6) is 5.75 Å². The third-order valence-corrected chi connectivity index (χ3v) is 3.66. The molecule has 0 aliphatic carbocycles. The van der Waals surface area contributed by atoms with Gasteiger partial charge in [-0.25, -0.2) is 0 Å². The smallest absolute Gasteiger partial charge is 0.121 e. The summed E-state index contributed by atoms with van der Waals surface area (Å²) in [6, 6.07) is 14.3. The maximum atomic E-state index is 10.3. The van der Waals surface area contributed by atoms with Crippen molar-refractivity contribution in [1.82, 2.24) is 0 Å². The lowest BCUT2D eigenvalue weighted by molar-refractivity contribution is 0.178. The van der Waals surface area contributed by atoms with Crippen molar-refractivity contribution in [1.29, 1.82) is 0 Å². The van der Waals surface area contributed by atoms with E-state index in [2.05, 4.69) is 31.2 Å². The average Bonchev–Trinajstić information content (AvgIpc) is 2.48. The molecule has 0 spiro atoms. The summed E-state index contributed by atoms with van der Waals surface area (Å²) in [7, 11) is 1.66. The number of aliphatic hydroxyl groups is 1. The van der Waals surface area contributed by atoms with Crippen LogP contribution in [0.2, 0.25) is 0 Å². The normalized spacial score (nSPS) is 12.2. The fourth-order valence-corrected chi connectivity index (χ4v) is 2.36. The first kappa shape index (κ1) is 14.6. The van der Waals surface area contributed by atoms with E-state index in [-0.39, 0.29) is 0 Å². The van der Waals surface area contributed by atoms with E-state index in [9.17, 15) is 5.11 Å². The van der Waals surface area contributed by atoms with Gasteiger partial charge in [0.25, 0.3) is 0 Å². The SMILES string of the molecule is CCc1ccc(CC(O)c2ccc(OC)c(C)c2)cc1. The molecule has 2 aromatic carbocycles. The van der Waals surface area contributed by atoms with Gasteiger partial charge in [0, 0.05) is 6.42 Å². The van der Waals surface area contributed by atoms with Crippen molar-refractivity contribution in [3.63, 3.8) is 0 Å². The van der Waals surface area contributed by atoms with E-state index >= 15 is 0 Å². The molecular formula is C18H22O2. The van der Waals surface area contributed by atoms with Crippen LogP contribution in [0.25, 0.3) is 0 Å². The Balaban J connectivity index is 2.10. The van der Waals surface area contributed by atoms with Crippen molar-refractivity contribution in [3.8, 4) is 5.75 Å². The van der Waals surface area contributed by atoms with E-state index in [0.717, 1.165) is 28.9 Å². The van der Waals surface area contributed by atoms with E-state index < -0.39 is 6.10 Å². The van der Waals surface area contributed by atoms with Crippen LogP contribution in [0.1, 0.15) is 35.3 Å². The molecule has 0 aliphatic heterocycles. The fourth-order valence-electron chi connectivity index (χ4n) is 2.36. The second-order valence-electron chi connectivity index (χ2n) is 5.12. The molecule has 1 atom stereocenters. The van der Waals surface area contributed by atoms with Crippen molar-refractivity contribution in [3.05, 3.63) is 64.7 Å². The van der Waals surface area contributed by atoms with E-state index in [1.54, 1.807) is 7.11 Å². The first-order valence-electron chi connectivity index (χ1n) is 7.04. The van der Waals surface area contributed by atoms with Gasteiger partial charge in [-0.2, -0.15) is 0 Å². The summed E-state index contributed by atoms with van der Waals surface area (Å²) in [5.41, 5.74) is 4.46. The van der Waals surface area contributed by atoms with Crippen LogP contribution in [0, 0.1) is 6.92 Å². The molecule has 0 saturated carbocycles. The molecule has 2 nitrogen and oxygen atoms in total. The van der Waals surface area contributed by atoms with Crippen LogP contribution >= 0.6 is 0 Å². The van der Waals surface area contributed by atoms with Crippen LogP contribution < -0.4 is 4.74 Å². The number of ether oxygens (including phenoxy) is 1. The van der Waals surface area contributed by atoms with Crippen molar-refractivity contribution in [2.45, 2.75) is 32.8 Å². The molecule has 0 bridgehead atoms. The molecule has 2 aromatic rings. The summed E-state index contributed by atoms with van der Waals surface area (Å²) in [5.74, 6) is 0.855. The molecule has 20 heavy (non-hydrogen) atoms. The second kappa shape index (κ2) is 6.58. The van der Waals surface area contributed by atoms with Gasteiger partial charge in [0.1, 0.15) is 5.75 Å². The maximum absolute atomic E-state index is 10.3. The maximum Gasteiger partial charge on any atom is 0.121 e. The Labute approximate surface area is 121 Å². The van der Waals surface area contributed by atoms with E-state index in [1.165, 1.54) is 5.56 Å². The summed E-state index contributed by atoms with van der Waals surface area (Å²) in [6.07, 6.45) is 1.20. The highest BCUT2D eigenvalue weighted by Crippen LogP contribution is 2.24. The first-order chi connectivity index (χ1) is 9.63. The minimum absolute atomic E-state index is 0.480. The number of aliphatic hydroxyl groups excluding tert-OH is 1. The first-order valence-corrected chi connectivity index (χ1v) is 7.04. The van der Waals surface area contributed by atoms with Gasteiger partial charge in [-0.15, -0.1) is 0 Å². The lowest BCUT2D eigenvalue weighted by atomic mass is 9.99. The van der Waals surface area contributed by atoms with Gasteiger partial charge in [0.05, 0.1) is 13.2 Å². The largest absolute Gasteiger partial charge is 0.496 e. The summed E-state index contributed by atoms with van der Waals surface area (Å²) in [5, 5.41) is 10.3. The zero-order valence-electron chi connectivity index (χ0n) is 12.4. The Kier molecular flexibility index (Phi) is 4.80. The Bertz CT molecular complexity index is 558. The zero-order valence-corrected chi connectivity index (χ0v) is 12.4. The molecule has 2 rings (SSSR count). The van der Waals surface area contributed by atoms with E-state index in [4.69, 9.17) is 4.74 Å². The monoisotopic (exact) mass is 270 g/mol. The molecular weight excluding hydrogens is 248 g/mol. The predicted octanol–water partition coefficient (Wildman–Crippen LogP) is 3.84. The highest BCUT2D eigenvalue weighted by Gasteiger charge is 2.10. The number of benzene rings is 2. The zero-order chi connectivity index (χ0) is 14.5. The molecule has 2 heteroatoms. The summed E-state index contributed by atoms with van der Waals surface area (Å²) in [6.45, 7) is 4.13. The Hall–Kier alpha value is -1.80. The summed E-state index contributed by atoms with van der Waals surface area (Å²) in [4.78, 5) is 0. The quantitative estimate of drug-likeness (QED) is 0.894. The highest BCUT2D eigenvalue weighted by molar-refractivity contribution is 5.37. The topological polar surface area (TPSA) is 29.5 Å². The van der Waals surface area contributed by atoms with E-state index in [0.29, 0.717) is 6.42 Å². The number of aryl methyl sites for hydroxylation is 2.